The number of carbonyl (C=O) groups is 2. The highest BCUT2D eigenvalue weighted by molar-refractivity contribution is 6.31. The van der Waals surface area contributed by atoms with Gasteiger partial charge in [-0.3, -0.25) is 9.59 Å². The Morgan fingerprint density at radius 3 is 1.47 bits per heavy atom. The molecule has 0 radical (unpaired) electrons. The van der Waals surface area contributed by atoms with Gasteiger partial charge >= 0.3 is 0 Å². The van der Waals surface area contributed by atoms with Gasteiger partial charge in [-0.2, -0.15) is 0 Å². The van der Waals surface area contributed by atoms with E-state index in [1.807, 2.05) is 36.4 Å². The average molecular weight is 473 g/mol. The quantitative estimate of drug-likeness (QED) is 0.265. The Labute approximate surface area is 200 Å². The molecule has 0 aromatic heterocycles. The van der Waals surface area contributed by atoms with Gasteiger partial charge in [0, 0.05) is 35.3 Å². The predicted octanol–water partition coefficient (Wildman–Crippen LogP) is 6.29. The number of halogens is 2. The van der Waals surface area contributed by atoms with E-state index in [1.54, 1.807) is 24.3 Å². The minimum absolute atomic E-state index is 0.0925. The van der Waals surface area contributed by atoms with Gasteiger partial charge in [-0.05, 0) is 60.4 Å². The summed E-state index contributed by atoms with van der Waals surface area (Å²) >= 11 is 11.8. The highest BCUT2D eigenvalue weighted by Gasteiger charge is 1.98. The van der Waals surface area contributed by atoms with E-state index in [2.05, 4.69) is 10.6 Å². The molecule has 2 N–H and O–H groups in total. The van der Waals surface area contributed by atoms with Crippen molar-refractivity contribution in [2.75, 3.05) is 13.1 Å². The summed E-state index contributed by atoms with van der Waals surface area (Å²) < 4.78 is 0. The van der Waals surface area contributed by atoms with Crippen LogP contribution in [0.5, 0.6) is 0 Å². The number of rotatable bonds is 13. The standard InChI is InChI=1S/C26H30Cl2N2O2/c27-23-11-7-9-21(19-23)13-15-25(31)29-17-5-3-1-2-4-6-18-30-26(32)16-14-22-10-8-12-24(28)20-22/h7-16,19-20H,1-6,17-18H2,(H,29,31)(H,30,32). The molecule has 170 valence electrons. The van der Waals surface area contributed by atoms with Gasteiger partial charge in [0.15, 0.2) is 0 Å². The Bertz CT molecular complexity index is 850. The topological polar surface area (TPSA) is 58.2 Å². The van der Waals surface area contributed by atoms with E-state index < -0.39 is 0 Å². The van der Waals surface area contributed by atoms with Crippen LogP contribution in [0.3, 0.4) is 0 Å². The van der Waals surface area contributed by atoms with Gasteiger partial charge in [-0.1, -0.05) is 73.2 Å². The number of unbranched alkanes of at least 4 members (excludes halogenated alkanes) is 5. The van der Waals surface area contributed by atoms with E-state index >= 15 is 0 Å². The first kappa shape index (κ1) is 25.7. The fraction of sp³-hybridized carbons (Fsp3) is 0.308. The van der Waals surface area contributed by atoms with Crippen LogP contribution in [0.25, 0.3) is 12.2 Å². The van der Waals surface area contributed by atoms with Crippen molar-refractivity contribution in [2.24, 2.45) is 0 Å². The molecule has 0 heterocycles. The third-order valence-electron chi connectivity index (χ3n) is 4.75. The van der Waals surface area contributed by atoms with Gasteiger partial charge in [-0.25, -0.2) is 0 Å². The smallest absolute Gasteiger partial charge is 0.243 e. The summed E-state index contributed by atoms with van der Waals surface area (Å²) in [6.45, 7) is 1.35. The van der Waals surface area contributed by atoms with Crippen LogP contribution in [0, 0.1) is 0 Å². The second-order valence-corrected chi connectivity index (χ2v) is 8.35. The van der Waals surface area contributed by atoms with Gasteiger partial charge in [0.2, 0.25) is 11.8 Å². The minimum Gasteiger partial charge on any atom is -0.353 e. The molecule has 0 saturated carbocycles. The molecule has 2 aromatic rings. The van der Waals surface area contributed by atoms with Crippen LogP contribution < -0.4 is 10.6 Å². The zero-order valence-electron chi connectivity index (χ0n) is 18.2. The molecule has 0 fully saturated rings. The summed E-state index contributed by atoms with van der Waals surface area (Å²) in [5.74, 6) is -0.185. The maximum absolute atomic E-state index is 11.8. The van der Waals surface area contributed by atoms with Crippen LogP contribution in [0.2, 0.25) is 10.0 Å². The van der Waals surface area contributed by atoms with Crippen LogP contribution in [-0.2, 0) is 9.59 Å². The third kappa shape index (κ3) is 11.7. The number of nitrogens with one attached hydrogen (secondary N) is 2. The van der Waals surface area contributed by atoms with Crippen molar-refractivity contribution in [1.82, 2.24) is 10.6 Å². The molecule has 2 amide bonds. The number of hydrogen-bond acceptors (Lipinski definition) is 2. The molecule has 0 aliphatic rings. The molecule has 0 atom stereocenters. The van der Waals surface area contributed by atoms with Gasteiger partial charge < -0.3 is 10.6 Å². The zero-order chi connectivity index (χ0) is 23.0. The Balaban J connectivity index is 1.43. The zero-order valence-corrected chi connectivity index (χ0v) is 19.7. The molecule has 0 unspecified atom stereocenters. The van der Waals surface area contributed by atoms with Crippen LogP contribution in [0.15, 0.2) is 60.7 Å². The summed E-state index contributed by atoms with van der Waals surface area (Å²) in [6.07, 6.45) is 12.9. The van der Waals surface area contributed by atoms with Crippen LogP contribution in [-0.4, -0.2) is 24.9 Å². The van der Waals surface area contributed by atoms with E-state index in [1.165, 1.54) is 12.2 Å². The molecule has 0 aliphatic heterocycles. The fourth-order valence-corrected chi connectivity index (χ4v) is 3.46. The van der Waals surface area contributed by atoms with E-state index in [9.17, 15) is 9.59 Å². The maximum atomic E-state index is 11.8. The lowest BCUT2D eigenvalue weighted by atomic mass is 10.1. The molecule has 0 saturated heterocycles. The highest BCUT2D eigenvalue weighted by atomic mass is 35.5. The van der Waals surface area contributed by atoms with E-state index in [0.717, 1.165) is 49.7 Å². The lowest BCUT2D eigenvalue weighted by molar-refractivity contribution is -0.117. The monoisotopic (exact) mass is 472 g/mol. The normalized spacial score (nSPS) is 11.2. The Hall–Kier alpha value is -2.56. The second kappa shape index (κ2) is 15.3. The van der Waals surface area contributed by atoms with Crippen molar-refractivity contribution in [3.05, 3.63) is 81.9 Å². The van der Waals surface area contributed by atoms with Crippen LogP contribution >= 0.6 is 23.2 Å². The Morgan fingerprint density at radius 2 is 1.06 bits per heavy atom. The number of amides is 2. The minimum atomic E-state index is -0.0925. The van der Waals surface area contributed by atoms with Crippen molar-refractivity contribution >= 4 is 47.2 Å². The van der Waals surface area contributed by atoms with Crippen molar-refractivity contribution in [1.29, 1.82) is 0 Å². The molecule has 0 aliphatic carbocycles. The lowest BCUT2D eigenvalue weighted by Crippen LogP contribution is -2.22. The van der Waals surface area contributed by atoms with Crippen molar-refractivity contribution in [2.45, 2.75) is 38.5 Å². The van der Waals surface area contributed by atoms with Crippen LogP contribution in [0.1, 0.15) is 49.7 Å². The van der Waals surface area contributed by atoms with Gasteiger partial charge in [0.25, 0.3) is 0 Å². The van der Waals surface area contributed by atoms with Crippen molar-refractivity contribution < 1.29 is 9.59 Å². The first-order valence-corrected chi connectivity index (χ1v) is 11.7. The van der Waals surface area contributed by atoms with Crippen molar-refractivity contribution in [3.63, 3.8) is 0 Å². The summed E-state index contributed by atoms with van der Waals surface area (Å²) in [4.78, 5) is 23.7. The summed E-state index contributed by atoms with van der Waals surface area (Å²) in [5, 5.41) is 7.10. The SMILES string of the molecule is O=C(C=Cc1cccc(Cl)c1)NCCCCCCCCNC(=O)C=Cc1cccc(Cl)c1. The first-order valence-electron chi connectivity index (χ1n) is 11.0. The molecular weight excluding hydrogens is 443 g/mol. The predicted molar refractivity (Wildman–Crippen MR) is 135 cm³/mol. The van der Waals surface area contributed by atoms with E-state index in [0.29, 0.717) is 23.1 Å². The lowest BCUT2D eigenvalue weighted by Gasteiger charge is -2.04. The molecule has 2 rings (SSSR count). The second-order valence-electron chi connectivity index (χ2n) is 7.48. The summed E-state index contributed by atoms with van der Waals surface area (Å²) in [5.41, 5.74) is 1.81. The van der Waals surface area contributed by atoms with E-state index in [-0.39, 0.29) is 11.8 Å². The third-order valence-corrected chi connectivity index (χ3v) is 5.22. The van der Waals surface area contributed by atoms with Crippen LogP contribution in [0.4, 0.5) is 0 Å². The summed E-state index contributed by atoms with van der Waals surface area (Å²) in [6, 6.07) is 14.7. The van der Waals surface area contributed by atoms with Gasteiger partial charge in [0.1, 0.15) is 0 Å². The van der Waals surface area contributed by atoms with Crippen molar-refractivity contribution in [3.8, 4) is 0 Å². The largest absolute Gasteiger partial charge is 0.353 e. The first-order chi connectivity index (χ1) is 15.5. The molecule has 4 nitrogen and oxygen atoms in total. The number of benzene rings is 2. The number of hydrogen-bond donors (Lipinski definition) is 2. The Kier molecular flexibility index (Phi) is 12.3. The fourth-order valence-electron chi connectivity index (χ4n) is 3.06. The molecule has 0 bridgehead atoms. The molecule has 2 aromatic carbocycles. The number of carbonyl (C=O) groups excluding carboxylic acids is 2. The van der Waals surface area contributed by atoms with Gasteiger partial charge in [-0.15, -0.1) is 0 Å². The van der Waals surface area contributed by atoms with E-state index in [4.69, 9.17) is 23.2 Å². The highest BCUT2D eigenvalue weighted by Crippen LogP contribution is 2.12. The Morgan fingerprint density at radius 1 is 0.656 bits per heavy atom. The molecule has 32 heavy (non-hydrogen) atoms. The maximum Gasteiger partial charge on any atom is 0.243 e. The summed E-state index contributed by atoms with van der Waals surface area (Å²) in [7, 11) is 0. The molecule has 6 heteroatoms. The molecular formula is C26H30Cl2N2O2. The average Bonchev–Trinajstić information content (AvgIpc) is 2.77. The van der Waals surface area contributed by atoms with Gasteiger partial charge in [0.05, 0.1) is 0 Å². The molecule has 0 spiro atoms.